The van der Waals surface area contributed by atoms with E-state index in [2.05, 4.69) is 19.5 Å². The largest absolute Gasteiger partial charge is 0.469 e. The number of nitrogens with zero attached hydrogens (tertiary/aromatic N) is 4. The number of aromatic nitrogens is 4. The van der Waals surface area contributed by atoms with Crippen LogP contribution in [0.25, 0.3) is 11.2 Å². The topological polar surface area (TPSA) is 146 Å². The first kappa shape index (κ1) is 15.3. The molecular weight excluding hydrogens is 320 g/mol. The molecule has 120 valence electrons. The number of fused-ring (bicyclic) bond motifs is 1. The summed E-state index contributed by atoms with van der Waals surface area (Å²) in [5.74, 6) is 0.165. The summed E-state index contributed by atoms with van der Waals surface area (Å²) in [5.41, 5.74) is 6.30. The molecule has 1 fully saturated rings. The van der Waals surface area contributed by atoms with Crippen LogP contribution < -0.4 is 5.73 Å². The number of ether oxygens (including phenoxy) is 1. The molecule has 3 atom stereocenters. The summed E-state index contributed by atoms with van der Waals surface area (Å²) in [6, 6.07) is 0. The van der Waals surface area contributed by atoms with Crippen LogP contribution in [0.4, 0.5) is 10.2 Å². The zero-order valence-corrected chi connectivity index (χ0v) is 12.0. The van der Waals surface area contributed by atoms with Gasteiger partial charge in [-0.25, -0.2) is 23.9 Å². The van der Waals surface area contributed by atoms with Crippen molar-refractivity contribution in [2.75, 3.05) is 12.3 Å². The Kier molecular flexibility index (Phi) is 3.83. The quantitative estimate of drug-likeness (QED) is 0.665. The van der Waals surface area contributed by atoms with Gasteiger partial charge in [-0.05, 0) is 0 Å². The average molecular weight is 333 g/mol. The van der Waals surface area contributed by atoms with Crippen molar-refractivity contribution < 1.29 is 28.0 Å². The van der Waals surface area contributed by atoms with E-state index >= 15 is 0 Å². The standard InChI is InChI=1S/C10H13FN5O5P/c11-6-1-5(2-20-22(17,18)19)21-10(6)16-4-15-7-8(12)13-3-14-9(7)16/h3-6,10H,1-2H2,(H2,12,13,14)(H2,17,18,19)/t5?,6-,10?/m1/s1. The lowest BCUT2D eigenvalue weighted by Gasteiger charge is -2.16. The molecule has 1 saturated heterocycles. The number of phosphoric ester groups is 1. The number of nitrogen functional groups attached to an aromatic ring is 1. The van der Waals surface area contributed by atoms with Crippen molar-refractivity contribution in [3.05, 3.63) is 12.7 Å². The Morgan fingerprint density at radius 2 is 2.27 bits per heavy atom. The maximum atomic E-state index is 14.2. The first-order valence-electron chi connectivity index (χ1n) is 6.28. The molecule has 0 aliphatic carbocycles. The molecule has 0 spiro atoms. The third-order valence-corrected chi connectivity index (χ3v) is 3.70. The third-order valence-electron chi connectivity index (χ3n) is 3.22. The van der Waals surface area contributed by atoms with Crippen molar-refractivity contribution in [1.82, 2.24) is 19.5 Å². The number of phosphoric acid groups is 1. The molecule has 2 unspecified atom stereocenters. The van der Waals surface area contributed by atoms with Crippen molar-refractivity contribution in [3.8, 4) is 0 Å². The minimum Gasteiger partial charge on any atom is -0.382 e. The van der Waals surface area contributed by atoms with Gasteiger partial charge in [0, 0.05) is 6.42 Å². The zero-order chi connectivity index (χ0) is 15.9. The summed E-state index contributed by atoms with van der Waals surface area (Å²) in [4.78, 5) is 29.1. The van der Waals surface area contributed by atoms with Crippen LogP contribution in [0.5, 0.6) is 0 Å². The van der Waals surface area contributed by atoms with Crippen molar-refractivity contribution in [2.24, 2.45) is 0 Å². The maximum Gasteiger partial charge on any atom is 0.469 e. The van der Waals surface area contributed by atoms with Crippen LogP contribution in [0, 0.1) is 0 Å². The fourth-order valence-corrected chi connectivity index (χ4v) is 2.65. The Balaban J connectivity index is 1.80. The van der Waals surface area contributed by atoms with Crippen LogP contribution in [0.1, 0.15) is 12.6 Å². The van der Waals surface area contributed by atoms with E-state index in [9.17, 15) is 8.96 Å². The van der Waals surface area contributed by atoms with E-state index in [4.69, 9.17) is 20.3 Å². The van der Waals surface area contributed by atoms with Crippen molar-refractivity contribution in [3.63, 3.8) is 0 Å². The normalized spacial score (nSPS) is 25.9. The van der Waals surface area contributed by atoms with E-state index in [-0.39, 0.29) is 12.2 Å². The molecule has 12 heteroatoms. The highest BCUT2D eigenvalue weighted by molar-refractivity contribution is 7.46. The second kappa shape index (κ2) is 5.52. The van der Waals surface area contributed by atoms with Gasteiger partial charge in [0.2, 0.25) is 0 Å². The predicted molar refractivity (Wildman–Crippen MR) is 71.2 cm³/mol. The van der Waals surface area contributed by atoms with Gasteiger partial charge in [0.05, 0.1) is 19.0 Å². The summed E-state index contributed by atoms with van der Waals surface area (Å²) >= 11 is 0. The number of anilines is 1. The van der Waals surface area contributed by atoms with E-state index < -0.39 is 32.9 Å². The van der Waals surface area contributed by atoms with Gasteiger partial charge in [-0.1, -0.05) is 0 Å². The average Bonchev–Trinajstić information content (AvgIpc) is 3.00. The second-order valence-corrected chi connectivity index (χ2v) is 6.01. The minimum absolute atomic E-state index is 0.0646. The number of nitrogens with two attached hydrogens (primary N) is 1. The number of halogens is 1. The van der Waals surface area contributed by atoms with Crippen LogP contribution in [-0.2, 0) is 13.8 Å². The fourth-order valence-electron chi connectivity index (χ4n) is 2.29. The Bertz CT molecular complexity index is 736. The number of imidazole rings is 1. The van der Waals surface area contributed by atoms with Crippen LogP contribution in [0.3, 0.4) is 0 Å². The van der Waals surface area contributed by atoms with E-state index in [1.807, 2.05) is 0 Å². The summed E-state index contributed by atoms with van der Waals surface area (Å²) in [7, 11) is -4.62. The minimum atomic E-state index is -4.62. The van der Waals surface area contributed by atoms with Gasteiger partial charge in [-0.15, -0.1) is 0 Å². The summed E-state index contributed by atoms with van der Waals surface area (Å²) in [5, 5.41) is 0. The van der Waals surface area contributed by atoms with Crippen molar-refractivity contribution >= 4 is 24.8 Å². The van der Waals surface area contributed by atoms with Gasteiger partial charge in [0.1, 0.15) is 18.0 Å². The molecule has 3 heterocycles. The van der Waals surface area contributed by atoms with Crippen LogP contribution in [-0.4, -0.2) is 48.2 Å². The van der Waals surface area contributed by atoms with Gasteiger partial charge in [-0.3, -0.25) is 9.09 Å². The first-order valence-corrected chi connectivity index (χ1v) is 7.81. The lowest BCUT2D eigenvalue weighted by molar-refractivity contribution is -0.0347. The number of hydrogen-bond donors (Lipinski definition) is 3. The molecule has 4 N–H and O–H groups in total. The molecule has 3 rings (SSSR count). The summed E-state index contributed by atoms with van der Waals surface area (Å²) in [6.45, 7) is -0.412. The van der Waals surface area contributed by atoms with E-state index in [1.165, 1.54) is 17.2 Å². The molecule has 2 aromatic rings. The Morgan fingerprint density at radius 3 is 3.00 bits per heavy atom. The maximum absolute atomic E-state index is 14.2. The van der Waals surface area contributed by atoms with Gasteiger partial charge in [0.15, 0.2) is 17.7 Å². The molecule has 0 radical (unpaired) electrons. The first-order chi connectivity index (χ1) is 10.3. The van der Waals surface area contributed by atoms with E-state index in [1.54, 1.807) is 0 Å². The van der Waals surface area contributed by atoms with Crippen molar-refractivity contribution in [1.29, 1.82) is 0 Å². The molecule has 22 heavy (non-hydrogen) atoms. The number of hydrogen-bond acceptors (Lipinski definition) is 7. The van der Waals surface area contributed by atoms with E-state index in [0.717, 1.165) is 0 Å². The van der Waals surface area contributed by atoms with Crippen LogP contribution in [0.15, 0.2) is 12.7 Å². The van der Waals surface area contributed by atoms with Gasteiger partial charge in [0.25, 0.3) is 0 Å². The lowest BCUT2D eigenvalue weighted by Crippen LogP contribution is -2.17. The summed E-state index contributed by atoms with van der Waals surface area (Å²) in [6.07, 6.45) is -0.718. The number of alkyl halides is 1. The SMILES string of the molecule is Nc1ncnc2c1ncn2C1OC(COP(=O)(O)O)C[C@H]1F. The van der Waals surface area contributed by atoms with Crippen molar-refractivity contribution in [2.45, 2.75) is 24.9 Å². The highest BCUT2D eigenvalue weighted by atomic mass is 31.2. The smallest absolute Gasteiger partial charge is 0.382 e. The Morgan fingerprint density at radius 1 is 1.50 bits per heavy atom. The van der Waals surface area contributed by atoms with Crippen LogP contribution >= 0.6 is 7.82 Å². The Hall–Kier alpha value is -1.65. The summed E-state index contributed by atoms with van der Waals surface area (Å²) < 4.78 is 36.0. The Labute approximate surface area is 123 Å². The molecule has 0 saturated carbocycles. The monoisotopic (exact) mass is 333 g/mol. The molecule has 1 aliphatic heterocycles. The molecule has 10 nitrogen and oxygen atoms in total. The molecule has 1 aliphatic rings. The molecule has 2 aromatic heterocycles. The predicted octanol–water partition coefficient (Wildman–Crippen LogP) is 0.143. The third kappa shape index (κ3) is 2.94. The molecule has 0 amide bonds. The highest BCUT2D eigenvalue weighted by Gasteiger charge is 2.38. The van der Waals surface area contributed by atoms with Gasteiger partial charge < -0.3 is 20.3 Å². The number of rotatable bonds is 4. The molecule has 0 bridgehead atoms. The zero-order valence-electron chi connectivity index (χ0n) is 11.1. The highest BCUT2D eigenvalue weighted by Crippen LogP contribution is 2.39. The second-order valence-electron chi connectivity index (χ2n) is 4.77. The lowest BCUT2D eigenvalue weighted by atomic mass is 10.2. The van der Waals surface area contributed by atoms with Crippen LogP contribution in [0.2, 0.25) is 0 Å². The van der Waals surface area contributed by atoms with Gasteiger partial charge >= 0.3 is 7.82 Å². The fraction of sp³-hybridized carbons (Fsp3) is 0.500. The molecule has 0 aromatic carbocycles. The van der Waals surface area contributed by atoms with E-state index in [0.29, 0.717) is 11.2 Å². The molecular formula is C10H13FN5O5P. The van der Waals surface area contributed by atoms with Gasteiger partial charge in [-0.2, -0.15) is 0 Å².